The summed E-state index contributed by atoms with van der Waals surface area (Å²) in [6.07, 6.45) is 1.96. The van der Waals surface area contributed by atoms with E-state index in [9.17, 15) is 4.39 Å². The maximum atomic E-state index is 13.6. The number of imidazole rings is 1. The third-order valence-electron chi connectivity index (χ3n) is 3.25. The first-order valence-electron chi connectivity index (χ1n) is 6.59. The van der Waals surface area contributed by atoms with Gasteiger partial charge in [0, 0.05) is 24.6 Å². The van der Waals surface area contributed by atoms with Crippen LogP contribution in [0.25, 0.3) is 0 Å². The third-order valence-corrected chi connectivity index (χ3v) is 3.25. The van der Waals surface area contributed by atoms with Crippen LogP contribution in [0.4, 0.5) is 16.0 Å². The van der Waals surface area contributed by atoms with E-state index in [4.69, 9.17) is 4.74 Å². The minimum absolute atomic E-state index is 0.151. The van der Waals surface area contributed by atoms with Gasteiger partial charge in [0.25, 0.3) is 0 Å². The Morgan fingerprint density at radius 1 is 1.40 bits per heavy atom. The van der Waals surface area contributed by atoms with Gasteiger partial charge < -0.3 is 14.6 Å². The highest BCUT2D eigenvalue weighted by Crippen LogP contribution is 2.24. The van der Waals surface area contributed by atoms with Crippen LogP contribution in [0.1, 0.15) is 24.2 Å². The Hall–Kier alpha value is -1.88. The summed E-state index contributed by atoms with van der Waals surface area (Å²) in [5, 5.41) is 3.20. The van der Waals surface area contributed by atoms with E-state index in [1.807, 2.05) is 30.7 Å². The van der Waals surface area contributed by atoms with Gasteiger partial charge in [0.2, 0.25) is 5.95 Å². The minimum atomic E-state index is -0.227. The molecule has 0 aliphatic heterocycles. The molecule has 0 saturated carbocycles. The van der Waals surface area contributed by atoms with E-state index in [2.05, 4.69) is 10.3 Å². The van der Waals surface area contributed by atoms with Crippen LogP contribution in [-0.2, 0) is 4.74 Å². The molecule has 1 unspecified atom stereocenters. The summed E-state index contributed by atoms with van der Waals surface area (Å²) >= 11 is 0. The zero-order valence-electron chi connectivity index (χ0n) is 12.3. The molecule has 0 spiro atoms. The standard InChI is InChI=1S/C15H20FN3O/c1-10-8-19(11(2)9-20-4)15(17-10)18-14-7-5-6-13(16)12(14)3/h5-8,11H,9H2,1-4H3,(H,17,18). The van der Waals surface area contributed by atoms with Crippen molar-refractivity contribution in [1.82, 2.24) is 9.55 Å². The Morgan fingerprint density at radius 2 is 2.15 bits per heavy atom. The molecule has 1 heterocycles. The zero-order valence-corrected chi connectivity index (χ0v) is 12.3. The van der Waals surface area contributed by atoms with Crippen LogP contribution >= 0.6 is 0 Å². The predicted octanol–water partition coefficient (Wildman–Crippen LogP) is 3.59. The lowest BCUT2D eigenvalue weighted by molar-refractivity contribution is 0.163. The van der Waals surface area contributed by atoms with E-state index >= 15 is 0 Å². The largest absolute Gasteiger partial charge is 0.383 e. The SMILES string of the molecule is COCC(C)n1cc(C)nc1Nc1cccc(F)c1C. The molecule has 2 aromatic rings. The Labute approximate surface area is 118 Å². The lowest BCUT2D eigenvalue weighted by Gasteiger charge is -2.17. The van der Waals surface area contributed by atoms with Crippen LogP contribution in [0.3, 0.4) is 0 Å². The highest BCUT2D eigenvalue weighted by Gasteiger charge is 2.13. The highest BCUT2D eigenvalue weighted by atomic mass is 19.1. The van der Waals surface area contributed by atoms with Gasteiger partial charge in [0.1, 0.15) is 5.82 Å². The van der Waals surface area contributed by atoms with Gasteiger partial charge >= 0.3 is 0 Å². The molecule has 0 saturated heterocycles. The van der Waals surface area contributed by atoms with Crippen LogP contribution in [0.15, 0.2) is 24.4 Å². The molecule has 0 bridgehead atoms. The third kappa shape index (κ3) is 2.99. The second kappa shape index (κ2) is 6.05. The van der Waals surface area contributed by atoms with Crippen molar-refractivity contribution in [2.24, 2.45) is 0 Å². The van der Waals surface area contributed by atoms with E-state index in [1.165, 1.54) is 6.07 Å². The van der Waals surface area contributed by atoms with Gasteiger partial charge in [-0.3, -0.25) is 0 Å². The van der Waals surface area contributed by atoms with Crippen molar-refractivity contribution < 1.29 is 9.13 Å². The number of hydrogen-bond acceptors (Lipinski definition) is 3. The van der Waals surface area contributed by atoms with Crippen LogP contribution in [0, 0.1) is 19.7 Å². The Morgan fingerprint density at radius 3 is 2.85 bits per heavy atom. The molecule has 5 heteroatoms. The number of rotatable bonds is 5. The van der Waals surface area contributed by atoms with E-state index in [-0.39, 0.29) is 11.9 Å². The Balaban J connectivity index is 2.31. The molecule has 1 N–H and O–H groups in total. The summed E-state index contributed by atoms with van der Waals surface area (Å²) in [5.41, 5.74) is 2.21. The fourth-order valence-electron chi connectivity index (χ4n) is 2.13. The average Bonchev–Trinajstić information content (AvgIpc) is 2.76. The number of benzene rings is 1. The first-order chi connectivity index (χ1) is 9.52. The minimum Gasteiger partial charge on any atom is -0.383 e. The summed E-state index contributed by atoms with van der Waals surface area (Å²) in [7, 11) is 1.67. The van der Waals surface area contributed by atoms with Crippen molar-refractivity contribution in [3.05, 3.63) is 41.5 Å². The molecule has 1 aromatic heterocycles. The lowest BCUT2D eigenvalue weighted by Crippen LogP contribution is -2.13. The number of halogens is 1. The molecule has 20 heavy (non-hydrogen) atoms. The Bertz CT molecular complexity index is 595. The van der Waals surface area contributed by atoms with Gasteiger partial charge in [-0.25, -0.2) is 9.37 Å². The van der Waals surface area contributed by atoms with Gasteiger partial charge in [0.05, 0.1) is 18.3 Å². The number of aromatic nitrogens is 2. The second-order valence-corrected chi connectivity index (χ2v) is 4.95. The summed E-state index contributed by atoms with van der Waals surface area (Å²) < 4.78 is 20.8. The number of anilines is 2. The zero-order chi connectivity index (χ0) is 14.7. The van der Waals surface area contributed by atoms with Crippen LogP contribution < -0.4 is 5.32 Å². The molecule has 0 aliphatic rings. The number of methoxy groups -OCH3 is 1. The number of nitrogens with zero attached hydrogens (tertiary/aromatic N) is 2. The molecule has 0 radical (unpaired) electrons. The van der Waals surface area contributed by atoms with Gasteiger partial charge in [-0.05, 0) is 32.9 Å². The molecular formula is C15H20FN3O. The van der Waals surface area contributed by atoms with Crippen LogP contribution in [0.2, 0.25) is 0 Å². The van der Waals surface area contributed by atoms with Gasteiger partial charge in [0.15, 0.2) is 0 Å². The van der Waals surface area contributed by atoms with Crippen LogP contribution in [-0.4, -0.2) is 23.3 Å². The highest BCUT2D eigenvalue weighted by molar-refractivity contribution is 5.59. The maximum absolute atomic E-state index is 13.6. The van der Waals surface area contributed by atoms with Crippen molar-refractivity contribution in [3.8, 4) is 0 Å². The molecule has 108 valence electrons. The normalized spacial score (nSPS) is 12.4. The molecule has 2 rings (SSSR count). The van der Waals surface area contributed by atoms with E-state index in [0.29, 0.717) is 18.1 Å². The number of nitrogens with one attached hydrogen (secondary N) is 1. The summed E-state index contributed by atoms with van der Waals surface area (Å²) in [4.78, 5) is 4.45. The summed E-state index contributed by atoms with van der Waals surface area (Å²) in [5.74, 6) is 0.468. The summed E-state index contributed by atoms with van der Waals surface area (Å²) in [6.45, 7) is 6.32. The fraction of sp³-hybridized carbons (Fsp3) is 0.400. The number of hydrogen-bond donors (Lipinski definition) is 1. The van der Waals surface area contributed by atoms with Gasteiger partial charge in [-0.15, -0.1) is 0 Å². The first kappa shape index (κ1) is 14.5. The maximum Gasteiger partial charge on any atom is 0.207 e. The Kier molecular flexibility index (Phi) is 4.39. The average molecular weight is 277 g/mol. The molecule has 0 fully saturated rings. The summed E-state index contributed by atoms with van der Waals surface area (Å²) in [6, 6.07) is 5.13. The van der Waals surface area contributed by atoms with Gasteiger partial charge in [-0.1, -0.05) is 6.07 Å². The van der Waals surface area contributed by atoms with Crippen molar-refractivity contribution in [1.29, 1.82) is 0 Å². The topological polar surface area (TPSA) is 39.1 Å². The van der Waals surface area contributed by atoms with Crippen molar-refractivity contribution in [3.63, 3.8) is 0 Å². The van der Waals surface area contributed by atoms with E-state index in [0.717, 1.165) is 11.4 Å². The fourth-order valence-corrected chi connectivity index (χ4v) is 2.13. The van der Waals surface area contributed by atoms with Gasteiger partial charge in [-0.2, -0.15) is 0 Å². The van der Waals surface area contributed by atoms with Crippen LogP contribution in [0.5, 0.6) is 0 Å². The van der Waals surface area contributed by atoms with Crippen molar-refractivity contribution in [2.75, 3.05) is 19.0 Å². The van der Waals surface area contributed by atoms with Crippen molar-refractivity contribution in [2.45, 2.75) is 26.8 Å². The quantitative estimate of drug-likeness (QED) is 0.907. The second-order valence-electron chi connectivity index (χ2n) is 4.95. The molecule has 0 aliphatic carbocycles. The van der Waals surface area contributed by atoms with E-state index < -0.39 is 0 Å². The smallest absolute Gasteiger partial charge is 0.207 e. The molecule has 0 amide bonds. The predicted molar refractivity (Wildman–Crippen MR) is 78.0 cm³/mol. The van der Waals surface area contributed by atoms with E-state index in [1.54, 1.807) is 20.1 Å². The number of ether oxygens (including phenoxy) is 1. The monoisotopic (exact) mass is 277 g/mol. The molecule has 4 nitrogen and oxygen atoms in total. The first-order valence-corrected chi connectivity index (χ1v) is 6.59. The number of aryl methyl sites for hydroxylation is 1. The molecule has 1 atom stereocenters. The lowest BCUT2D eigenvalue weighted by atomic mass is 10.2. The molecule has 1 aromatic carbocycles. The van der Waals surface area contributed by atoms with Crippen molar-refractivity contribution >= 4 is 11.6 Å². The molecular weight excluding hydrogens is 257 g/mol.